The van der Waals surface area contributed by atoms with E-state index in [9.17, 15) is 0 Å². The van der Waals surface area contributed by atoms with Crippen LogP contribution in [0.1, 0.15) is 0 Å². The Kier molecular flexibility index (Phi) is 3.40. The van der Waals surface area contributed by atoms with Crippen molar-refractivity contribution in [3.05, 3.63) is 54.6 Å². The van der Waals surface area contributed by atoms with Crippen molar-refractivity contribution < 1.29 is 4.74 Å². The van der Waals surface area contributed by atoms with Gasteiger partial charge < -0.3 is 4.74 Å². The molecular formula is C16H12OS2. The fourth-order valence-electron chi connectivity index (χ4n) is 2.21. The number of thiocarbonyl (C=S) groups is 1. The maximum absolute atomic E-state index is 5.20. The summed E-state index contributed by atoms with van der Waals surface area (Å²) in [7, 11) is 1.61. The van der Waals surface area contributed by atoms with Crippen molar-refractivity contribution in [2.75, 3.05) is 7.11 Å². The molecule has 0 N–H and O–H groups in total. The number of ether oxygens (including phenoxy) is 1. The Labute approximate surface area is 121 Å². The van der Waals surface area contributed by atoms with Gasteiger partial charge in [0.2, 0.25) is 4.38 Å². The van der Waals surface area contributed by atoms with E-state index in [2.05, 4.69) is 54.6 Å². The minimum Gasteiger partial charge on any atom is -0.482 e. The van der Waals surface area contributed by atoms with E-state index in [4.69, 9.17) is 17.0 Å². The standard InChI is InChI=1S/C16H12OS2/c1-17-16(18)19-15-13-8-4-2-6-11(13)10-12-7-3-5-9-14(12)15/h2-10H,1H3. The zero-order chi connectivity index (χ0) is 13.2. The summed E-state index contributed by atoms with van der Waals surface area (Å²) >= 11 is 6.72. The molecule has 0 aliphatic rings. The third kappa shape index (κ3) is 2.31. The predicted octanol–water partition coefficient (Wildman–Crippen LogP) is 5.02. The van der Waals surface area contributed by atoms with Gasteiger partial charge in [-0.3, -0.25) is 0 Å². The zero-order valence-electron chi connectivity index (χ0n) is 10.4. The number of hydrogen-bond donors (Lipinski definition) is 0. The monoisotopic (exact) mass is 284 g/mol. The van der Waals surface area contributed by atoms with Crippen molar-refractivity contribution >= 4 is 49.9 Å². The molecule has 0 aliphatic carbocycles. The van der Waals surface area contributed by atoms with E-state index < -0.39 is 0 Å². The van der Waals surface area contributed by atoms with Gasteiger partial charge in [-0.2, -0.15) is 0 Å². The molecule has 94 valence electrons. The van der Waals surface area contributed by atoms with Gasteiger partial charge in [-0.1, -0.05) is 48.5 Å². The average Bonchev–Trinajstić information content (AvgIpc) is 2.46. The first-order valence-corrected chi connectivity index (χ1v) is 7.18. The lowest BCUT2D eigenvalue weighted by Crippen LogP contribution is -1.91. The molecule has 0 aliphatic heterocycles. The third-order valence-electron chi connectivity index (χ3n) is 3.07. The van der Waals surface area contributed by atoms with Crippen LogP contribution in [0.4, 0.5) is 0 Å². The number of benzene rings is 3. The van der Waals surface area contributed by atoms with Crippen LogP contribution in [-0.4, -0.2) is 11.5 Å². The maximum Gasteiger partial charge on any atom is 0.224 e. The summed E-state index contributed by atoms with van der Waals surface area (Å²) < 4.78 is 5.69. The minimum atomic E-state index is 0.543. The molecule has 3 heteroatoms. The Morgan fingerprint density at radius 3 is 2.00 bits per heavy atom. The summed E-state index contributed by atoms with van der Waals surface area (Å²) in [5.74, 6) is 0. The zero-order valence-corrected chi connectivity index (χ0v) is 12.1. The molecule has 0 bridgehead atoms. The van der Waals surface area contributed by atoms with E-state index in [1.807, 2.05) is 0 Å². The van der Waals surface area contributed by atoms with E-state index >= 15 is 0 Å². The number of hydrogen-bond acceptors (Lipinski definition) is 3. The van der Waals surface area contributed by atoms with E-state index in [1.54, 1.807) is 7.11 Å². The Balaban J connectivity index is 2.36. The largest absolute Gasteiger partial charge is 0.482 e. The molecule has 0 saturated carbocycles. The Bertz CT molecular complexity index is 711. The molecule has 0 aromatic heterocycles. The topological polar surface area (TPSA) is 9.23 Å². The van der Waals surface area contributed by atoms with Crippen LogP contribution in [0.2, 0.25) is 0 Å². The van der Waals surface area contributed by atoms with E-state index in [0.717, 1.165) is 0 Å². The van der Waals surface area contributed by atoms with Crippen LogP contribution >= 0.6 is 24.0 Å². The summed E-state index contributed by atoms with van der Waals surface area (Å²) in [6.07, 6.45) is 0. The van der Waals surface area contributed by atoms with Crippen LogP contribution in [0.15, 0.2) is 59.5 Å². The molecule has 1 nitrogen and oxygen atoms in total. The van der Waals surface area contributed by atoms with Crippen molar-refractivity contribution in [1.82, 2.24) is 0 Å². The molecule has 3 rings (SSSR count). The molecule has 0 spiro atoms. The molecule has 0 amide bonds. The number of methoxy groups -OCH3 is 1. The maximum atomic E-state index is 5.20. The van der Waals surface area contributed by atoms with Crippen molar-refractivity contribution in [1.29, 1.82) is 0 Å². The molecule has 0 heterocycles. The van der Waals surface area contributed by atoms with Gasteiger partial charge in [0.1, 0.15) is 0 Å². The van der Waals surface area contributed by atoms with Gasteiger partial charge in [0.15, 0.2) is 0 Å². The first-order valence-electron chi connectivity index (χ1n) is 5.96. The molecule has 0 unspecified atom stereocenters. The van der Waals surface area contributed by atoms with Crippen molar-refractivity contribution in [3.63, 3.8) is 0 Å². The normalized spacial score (nSPS) is 10.8. The van der Waals surface area contributed by atoms with Crippen LogP contribution in [0.3, 0.4) is 0 Å². The van der Waals surface area contributed by atoms with E-state index in [0.29, 0.717) is 4.38 Å². The van der Waals surface area contributed by atoms with Gasteiger partial charge in [0.25, 0.3) is 0 Å². The smallest absolute Gasteiger partial charge is 0.224 e. The highest BCUT2D eigenvalue weighted by molar-refractivity contribution is 8.22. The number of rotatable bonds is 1. The lowest BCUT2D eigenvalue weighted by molar-refractivity contribution is 0.426. The first-order chi connectivity index (χ1) is 9.29. The third-order valence-corrected chi connectivity index (χ3v) is 4.47. The van der Waals surface area contributed by atoms with Crippen LogP contribution < -0.4 is 0 Å². The van der Waals surface area contributed by atoms with Crippen LogP contribution in [-0.2, 0) is 4.74 Å². The van der Waals surface area contributed by atoms with Crippen molar-refractivity contribution in [3.8, 4) is 0 Å². The Hall–Kier alpha value is -1.58. The van der Waals surface area contributed by atoms with Gasteiger partial charge in [0, 0.05) is 4.90 Å². The quantitative estimate of drug-likeness (QED) is 0.353. The van der Waals surface area contributed by atoms with Gasteiger partial charge in [-0.15, -0.1) is 0 Å². The number of fused-ring (bicyclic) bond motifs is 2. The van der Waals surface area contributed by atoms with Gasteiger partial charge in [0.05, 0.1) is 7.11 Å². The summed E-state index contributed by atoms with van der Waals surface area (Å²) in [5.41, 5.74) is 0. The highest BCUT2D eigenvalue weighted by Crippen LogP contribution is 2.36. The Morgan fingerprint density at radius 2 is 1.47 bits per heavy atom. The summed E-state index contributed by atoms with van der Waals surface area (Å²) in [5, 5.41) is 4.88. The van der Waals surface area contributed by atoms with Gasteiger partial charge >= 0.3 is 0 Å². The molecule has 19 heavy (non-hydrogen) atoms. The lowest BCUT2D eigenvalue weighted by Gasteiger charge is -2.10. The fraction of sp³-hybridized carbons (Fsp3) is 0.0625. The Morgan fingerprint density at radius 1 is 0.947 bits per heavy atom. The highest BCUT2D eigenvalue weighted by atomic mass is 32.2. The van der Waals surface area contributed by atoms with Crippen molar-refractivity contribution in [2.45, 2.75) is 4.90 Å². The summed E-state index contributed by atoms with van der Waals surface area (Å²) in [6, 6.07) is 18.9. The van der Waals surface area contributed by atoms with Crippen LogP contribution in [0, 0.1) is 0 Å². The molecule has 3 aromatic carbocycles. The average molecular weight is 284 g/mol. The molecular weight excluding hydrogens is 272 g/mol. The SMILES string of the molecule is COC(=S)Sc1c2ccccc2cc2ccccc12. The first kappa shape index (κ1) is 12.5. The summed E-state index contributed by atoms with van der Waals surface area (Å²) in [4.78, 5) is 1.17. The van der Waals surface area contributed by atoms with Crippen LogP contribution in [0.25, 0.3) is 21.5 Å². The van der Waals surface area contributed by atoms with E-state index in [-0.39, 0.29) is 0 Å². The number of thioether (sulfide) groups is 1. The highest BCUT2D eigenvalue weighted by Gasteiger charge is 2.10. The minimum absolute atomic E-state index is 0.543. The van der Waals surface area contributed by atoms with Gasteiger partial charge in [-0.05, 0) is 51.6 Å². The second kappa shape index (κ2) is 5.19. The molecule has 0 fully saturated rings. The van der Waals surface area contributed by atoms with Crippen LogP contribution in [0.5, 0.6) is 0 Å². The fourth-order valence-corrected chi connectivity index (χ4v) is 3.30. The lowest BCUT2D eigenvalue weighted by atomic mass is 10.0. The second-order valence-corrected chi connectivity index (χ2v) is 5.82. The van der Waals surface area contributed by atoms with Gasteiger partial charge in [-0.25, -0.2) is 0 Å². The van der Waals surface area contributed by atoms with Crippen molar-refractivity contribution in [2.24, 2.45) is 0 Å². The second-order valence-electron chi connectivity index (χ2n) is 4.20. The molecule has 3 aromatic rings. The molecule has 0 saturated heterocycles. The summed E-state index contributed by atoms with van der Waals surface area (Å²) in [6.45, 7) is 0. The predicted molar refractivity (Wildman–Crippen MR) is 86.9 cm³/mol. The molecule has 0 atom stereocenters. The van der Waals surface area contributed by atoms with E-state index in [1.165, 1.54) is 38.2 Å². The molecule has 0 radical (unpaired) electrons.